The van der Waals surface area contributed by atoms with E-state index in [4.69, 9.17) is 0 Å². The van der Waals surface area contributed by atoms with Crippen molar-refractivity contribution in [3.8, 4) is 0 Å². The minimum Gasteiger partial charge on any atom is -0.396 e. The van der Waals surface area contributed by atoms with Gasteiger partial charge < -0.3 is 10.2 Å². The molecule has 1 aromatic carbocycles. The lowest BCUT2D eigenvalue weighted by Gasteiger charge is -2.36. The molecule has 0 amide bonds. The first kappa shape index (κ1) is 12.6. The van der Waals surface area contributed by atoms with Gasteiger partial charge in [0.2, 0.25) is 0 Å². The maximum absolute atomic E-state index is 10.0. The molecule has 2 heteroatoms. The fourth-order valence-electron chi connectivity index (χ4n) is 2.96. The van der Waals surface area contributed by atoms with Crippen LogP contribution in [-0.2, 0) is 0 Å². The highest BCUT2D eigenvalue weighted by Crippen LogP contribution is 2.39. The van der Waals surface area contributed by atoms with Gasteiger partial charge in [0.1, 0.15) is 0 Å². The highest BCUT2D eigenvalue weighted by Gasteiger charge is 2.32. The largest absolute Gasteiger partial charge is 0.396 e. The molecule has 0 spiro atoms. The minimum atomic E-state index is -0.239. The molecule has 0 bridgehead atoms. The molecular formula is C15H22O2. The SMILES string of the molecule is CC(CO)C1CC(c2ccccc2)CCC1O. The molecule has 1 fully saturated rings. The van der Waals surface area contributed by atoms with Gasteiger partial charge >= 0.3 is 0 Å². The zero-order valence-corrected chi connectivity index (χ0v) is 10.4. The predicted molar refractivity (Wildman–Crippen MR) is 68.8 cm³/mol. The first-order valence-electron chi connectivity index (χ1n) is 6.56. The Labute approximate surface area is 103 Å². The Kier molecular flexibility index (Phi) is 4.19. The number of rotatable bonds is 3. The van der Waals surface area contributed by atoms with Crippen LogP contribution in [0.5, 0.6) is 0 Å². The summed E-state index contributed by atoms with van der Waals surface area (Å²) in [6.07, 6.45) is 2.67. The van der Waals surface area contributed by atoms with Gasteiger partial charge in [-0.25, -0.2) is 0 Å². The van der Waals surface area contributed by atoms with Crippen molar-refractivity contribution >= 4 is 0 Å². The third-order valence-corrected chi connectivity index (χ3v) is 4.15. The second-order valence-corrected chi connectivity index (χ2v) is 5.31. The molecule has 4 atom stereocenters. The number of benzene rings is 1. The Bertz CT molecular complexity index is 332. The van der Waals surface area contributed by atoms with Crippen LogP contribution >= 0.6 is 0 Å². The van der Waals surface area contributed by atoms with Crippen LogP contribution in [0.4, 0.5) is 0 Å². The van der Waals surface area contributed by atoms with Crippen molar-refractivity contribution in [2.45, 2.75) is 38.2 Å². The molecule has 2 nitrogen and oxygen atoms in total. The summed E-state index contributed by atoms with van der Waals surface area (Å²) >= 11 is 0. The zero-order valence-electron chi connectivity index (χ0n) is 10.4. The molecule has 17 heavy (non-hydrogen) atoms. The van der Waals surface area contributed by atoms with Gasteiger partial charge in [-0.15, -0.1) is 0 Å². The van der Waals surface area contributed by atoms with Crippen molar-refractivity contribution < 1.29 is 10.2 Å². The van der Waals surface area contributed by atoms with Gasteiger partial charge in [-0.05, 0) is 42.6 Å². The molecule has 0 heterocycles. The Morgan fingerprint density at radius 3 is 2.59 bits per heavy atom. The highest BCUT2D eigenvalue weighted by atomic mass is 16.3. The first-order valence-corrected chi connectivity index (χ1v) is 6.56. The third-order valence-electron chi connectivity index (χ3n) is 4.15. The van der Waals surface area contributed by atoms with Crippen molar-refractivity contribution in [1.82, 2.24) is 0 Å². The van der Waals surface area contributed by atoms with Crippen LogP contribution in [0.25, 0.3) is 0 Å². The number of hydrogen-bond acceptors (Lipinski definition) is 2. The van der Waals surface area contributed by atoms with E-state index in [-0.39, 0.29) is 24.5 Å². The second-order valence-electron chi connectivity index (χ2n) is 5.31. The van der Waals surface area contributed by atoms with Gasteiger partial charge in [0.15, 0.2) is 0 Å². The topological polar surface area (TPSA) is 40.5 Å². The fourth-order valence-corrected chi connectivity index (χ4v) is 2.96. The van der Waals surface area contributed by atoms with E-state index in [1.165, 1.54) is 5.56 Å². The Morgan fingerprint density at radius 1 is 1.24 bits per heavy atom. The van der Waals surface area contributed by atoms with Crippen molar-refractivity contribution in [2.24, 2.45) is 11.8 Å². The van der Waals surface area contributed by atoms with E-state index in [1.807, 2.05) is 13.0 Å². The number of hydrogen-bond donors (Lipinski definition) is 2. The number of aliphatic hydroxyl groups excluding tert-OH is 2. The van der Waals surface area contributed by atoms with Crippen LogP contribution in [0.2, 0.25) is 0 Å². The van der Waals surface area contributed by atoms with Crippen molar-refractivity contribution in [1.29, 1.82) is 0 Å². The summed E-state index contributed by atoms with van der Waals surface area (Å²) in [5.74, 6) is 0.967. The molecule has 0 aliphatic heterocycles. The Morgan fingerprint density at radius 2 is 1.94 bits per heavy atom. The van der Waals surface area contributed by atoms with E-state index in [2.05, 4.69) is 24.3 Å². The van der Waals surface area contributed by atoms with E-state index in [9.17, 15) is 10.2 Å². The van der Waals surface area contributed by atoms with Gasteiger partial charge in [-0.3, -0.25) is 0 Å². The molecule has 1 aromatic rings. The van der Waals surface area contributed by atoms with Crippen LogP contribution in [0.3, 0.4) is 0 Å². The van der Waals surface area contributed by atoms with Crippen LogP contribution in [0.15, 0.2) is 30.3 Å². The molecule has 2 rings (SSSR count). The summed E-state index contributed by atoms with van der Waals surface area (Å²) in [7, 11) is 0. The van der Waals surface area contributed by atoms with E-state index in [0.29, 0.717) is 5.92 Å². The molecule has 0 saturated heterocycles. The molecule has 94 valence electrons. The average Bonchev–Trinajstić information content (AvgIpc) is 2.39. The first-order chi connectivity index (χ1) is 8.22. The number of aliphatic hydroxyl groups is 2. The average molecular weight is 234 g/mol. The lowest BCUT2D eigenvalue weighted by atomic mass is 9.72. The van der Waals surface area contributed by atoms with Crippen molar-refractivity contribution in [3.63, 3.8) is 0 Å². The van der Waals surface area contributed by atoms with E-state index in [1.54, 1.807) is 0 Å². The quantitative estimate of drug-likeness (QED) is 0.844. The van der Waals surface area contributed by atoms with E-state index < -0.39 is 0 Å². The minimum absolute atomic E-state index is 0.170. The van der Waals surface area contributed by atoms with E-state index >= 15 is 0 Å². The Hall–Kier alpha value is -0.860. The molecule has 2 N–H and O–H groups in total. The second kappa shape index (κ2) is 5.65. The van der Waals surface area contributed by atoms with Gasteiger partial charge in [-0.1, -0.05) is 37.3 Å². The summed E-state index contributed by atoms with van der Waals surface area (Å²) in [5, 5.41) is 19.3. The standard InChI is InChI=1S/C15H22O2/c1-11(10-16)14-9-13(7-8-15(14)17)12-5-3-2-4-6-12/h2-6,11,13-17H,7-10H2,1H3. The van der Waals surface area contributed by atoms with Gasteiger partial charge in [0, 0.05) is 6.61 Å². The lowest BCUT2D eigenvalue weighted by molar-refractivity contribution is 0.0173. The molecule has 1 aliphatic rings. The van der Waals surface area contributed by atoms with Gasteiger partial charge in [0.05, 0.1) is 6.10 Å². The summed E-state index contributed by atoms with van der Waals surface area (Å²) in [6.45, 7) is 2.20. The third kappa shape index (κ3) is 2.88. The molecule has 1 saturated carbocycles. The maximum Gasteiger partial charge on any atom is 0.0572 e. The summed E-state index contributed by atoms with van der Waals surface area (Å²) in [4.78, 5) is 0. The highest BCUT2D eigenvalue weighted by molar-refractivity contribution is 5.20. The molecule has 1 aliphatic carbocycles. The van der Waals surface area contributed by atoms with Crippen molar-refractivity contribution in [3.05, 3.63) is 35.9 Å². The Balaban J connectivity index is 2.08. The molecule has 4 unspecified atom stereocenters. The molecular weight excluding hydrogens is 212 g/mol. The van der Waals surface area contributed by atoms with Crippen LogP contribution in [0.1, 0.15) is 37.7 Å². The zero-order chi connectivity index (χ0) is 12.3. The van der Waals surface area contributed by atoms with Crippen molar-refractivity contribution in [2.75, 3.05) is 6.61 Å². The smallest absolute Gasteiger partial charge is 0.0572 e. The summed E-state index contributed by atoms with van der Waals surface area (Å²) < 4.78 is 0. The van der Waals surface area contributed by atoms with Crippen LogP contribution < -0.4 is 0 Å². The molecule has 0 radical (unpaired) electrons. The fraction of sp³-hybridized carbons (Fsp3) is 0.600. The van der Waals surface area contributed by atoms with E-state index in [0.717, 1.165) is 19.3 Å². The normalized spacial score (nSPS) is 31.1. The predicted octanol–water partition coefficient (Wildman–Crippen LogP) is 2.56. The summed E-state index contributed by atoms with van der Waals surface area (Å²) in [6, 6.07) is 10.5. The van der Waals surface area contributed by atoms with Gasteiger partial charge in [0.25, 0.3) is 0 Å². The maximum atomic E-state index is 10.0. The monoisotopic (exact) mass is 234 g/mol. The van der Waals surface area contributed by atoms with Crippen LogP contribution in [-0.4, -0.2) is 22.9 Å². The van der Waals surface area contributed by atoms with Crippen LogP contribution in [0, 0.1) is 11.8 Å². The summed E-state index contributed by atoms with van der Waals surface area (Å²) in [5.41, 5.74) is 1.37. The van der Waals surface area contributed by atoms with Gasteiger partial charge in [-0.2, -0.15) is 0 Å². The lowest BCUT2D eigenvalue weighted by Crippen LogP contribution is -2.34. The molecule has 0 aromatic heterocycles.